The van der Waals surface area contributed by atoms with Crippen molar-refractivity contribution in [3.05, 3.63) is 36.4 Å². The quantitative estimate of drug-likeness (QED) is 0.850. The lowest BCUT2D eigenvalue weighted by Crippen LogP contribution is -2.23. The molecular formula is C12H14N6O. The number of nitrogens with two attached hydrogens (primary N) is 1. The third-order valence-corrected chi connectivity index (χ3v) is 3.26. The number of anilines is 1. The molecule has 1 fully saturated rings. The Kier molecular flexibility index (Phi) is 2.86. The Balaban J connectivity index is 1.73. The molecule has 3 heterocycles. The monoisotopic (exact) mass is 258 g/mol. The van der Waals surface area contributed by atoms with Crippen molar-refractivity contribution in [3.8, 4) is 0 Å². The summed E-state index contributed by atoms with van der Waals surface area (Å²) < 4.78 is 1.79. The van der Waals surface area contributed by atoms with Crippen LogP contribution >= 0.6 is 0 Å². The summed E-state index contributed by atoms with van der Waals surface area (Å²) in [5.74, 6) is 0.278. The van der Waals surface area contributed by atoms with Gasteiger partial charge in [0.2, 0.25) is 5.95 Å². The molecule has 0 saturated carbocycles. The molecule has 1 atom stereocenters. The van der Waals surface area contributed by atoms with Gasteiger partial charge in [0.15, 0.2) is 0 Å². The predicted octanol–water partition coefficient (Wildman–Crippen LogP) is 0.223. The van der Waals surface area contributed by atoms with Gasteiger partial charge >= 0.3 is 0 Å². The maximum Gasteiger partial charge on any atom is 0.251 e. The number of carbonyl (C=O) groups is 1. The molecule has 1 aliphatic heterocycles. The van der Waals surface area contributed by atoms with Crippen LogP contribution < -0.4 is 10.6 Å². The number of amides is 1. The maximum atomic E-state index is 11.1. The van der Waals surface area contributed by atoms with Gasteiger partial charge in [-0.25, -0.2) is 9.97 Å². The Hall–Kier alpha value is -2.44. The molecule has 1 amide bonds. The normalized spacial score (nSPS) is 18.7. The minimum atomic E-state index is -0.451. The first-order valence-electron chi connectivity index (χ1n) is 6.10. The minimum Gasteiger partial charge on any atom is -0.366 e. The van der Waals surface area contributed by atoms with Crippen LogP contribution in [-0.4, -0.2) is 38.7 Å². The van der Waals surface area contributed by atoms with Gasteiger partial charge in [0.05, 0.1) is 17.8 Å². The highest BCUT2D eigenvalue weighted by Crippen LogP contribution is 2.23. The molecule has 19 heavy (non-hydrogen) atoms. The van der Waals surface area contributed by atoms with Gasteiger partial charge in [-0.2, -0.15) is 5.10 Å². The topological polar surface area (TPSA) is 89.9 Å². The van der Waals surface area contributed by atoms with E-state index in [1.807, 2.05) is 0 Å². The first-order chi connectivity index (χ1) is 9.24. The molecular weight excluding hydrogens is 244 g/mol. The number of hydrogen-bond donors (Lipinski definition) is 1. The van der Waals surface area contributed by atoms with Crippen molar-refractivity contribution in [1.82, 2.24) is 19.7 Å². The van der Waals surface area contributed by atoms with Crippen molar-refractivity contribution >= 4 is 11.9 Å². The molecule has 7 nitrogen and oxygen atoms in total. The fourth-order valence-electron chi connectivity index (χ4n) is 2.26. The third kappa shape index (κ3) is 2.26. The predicted molar refractivity (Wildman–Crippen MR) is 68.6 cm³/mol. The van der Waals surface area contributed by atoms with Crippen LogP contribution in [0.3, 0.4) is 0 Å². The first-order valence-corrected chi connectivity index (χ1v) is 6.10. The third-order valence-electron chi connectivity index (χ3n) is 3.26. The van der Waals surface area contributed by atoms with E-state index in [1.165, 1.54) is 6.20 Å². The molecule has 1 unspecified atom stereocenters. The highest BCUT2D eigenvalue weighted by atomic mass is 16.1. The van der Waals surface area contributed by atoms with Crippen molar-refractivity contribution in [2.45, 2.75) is 12.5 Å². The molecule has 0 bridgehead atoms. The van der Waals surface area contributed by atoms with Crippen molar-refractivity contribution < 1.29 is 4.79 Å². The van der Waals surface area contributed by atoms with Crippen molar-refractivity contribution in [3.63, 3.8) is 0 Å². The molecule has 2 aromatic rings. The Morgan fingerprint density at radius 3 is 2.84 bits per heavy atom. The van der Waals surface area contributed by atoms with E-state index in [2.05, 4.69) is 20.0 Å². The average molecular weight is 258 g/mol. The molecule has 2 aromatic heterocycles. The van der Waals surface area contributed by atoms with Gasteiger partial charge < -0.3 is 10.6 Å². The molecule has 7 heteroatoms. The molecule has 3 rings (SSSR count). The van der Waals surface area contributed by atoms with Gasteiger partial charge in [0.25, 0.3) is 5.91 Å². The van der Waals surface area contributed by atoms with E-state index < -0.39 is 5.91 Å². The average Bonchev–Trinajstić information content (AvgIpc) is 3.09. The summed E-state index contributed by atoms with van der Waals surface area (Å²) in [6.07, 6.45) is 7.61. The standard InChI is InChI=1S/C12H14N6O/c13-11(19)9-6-16-18(7-9)10-2-5-17(8-10)12-14-3-1-4-15-12/h1,3-4,6-7,10H,2,5,8H2,(H2,13,19). The summed E-state index contributed by atoms with van der Waals surface area (Å²) in [4.78, 5) is 21.6. The number of hydrogen-bond acceptors (Lipinski definition) is 5. The van der Waals surface area contributed by atoms with Crippen LogP contribution in [-0.2, 0) is 0 Å². The van der Waals surface area contributed by atoms with Crippen molar-refractivity contribution in [2.24, 2.45) is 5.73 Å². The fraction of sp³-hybridized carbons (Fsp3) is 0.333. The molecule has 0 spiro atoms. The smallest absolute Gasteiger partial charge is 0.251 e. The molecule has 98 valence electrons. The van der Waals surface area contributed by atoms with Crippen LogP contribution in [0.5, 0.6) is 0 Å². The second-order valence-corrected chi connectivity index (χ2v) is 4.51. The van der Waals surface area contributed by atoms with Crippen LogP contribution in [0.2, 0.25) is 0 Å². The lowest BCUT2D eigenvalue weighted by atomic mass is 10.3. The maximum absolute atomic E-state index is 11.1. The van der Waals surface area contributed by atoms with Crippen LogP contribution in [0.4, 0.5) is 5.95 Å². The zero-order chi connectivity index (χ0) is 13.2. The van der Waals surface area contributed by atoms with Crippen LogP contribution in [0.25, 0.3) is 0 Å². The largest absolute Gasteiger partial charge is 0.366 e. The summed E-state index contributed by atoms with van der Waals surface area (Å²) in [5, 5.41) is 4.20. The van der Waals surface area contributed by atoms with Crippen molar-refractivity contribution in [2.75, 3.05) is 18.0 Å². The van der Waals surface area contributed by atoms with E-state index in [0.717, 1.165) is 25.5 Å². The van der Waals surface area contributed by atoms with E-state index in [1.54, 1.807) is 29.3 Å². The molecule has 0 radical (unpaired) electrons. The lowest BCUT2D eigenvalue weighted by molar-refractivity contribution is 0.1000. The van der Waals surface area contributed by atoms with Crippen LogP contribution in [0.15, 0.2) is 30.9 Å². The van der Waals surface area contributed by atoms with Crippen LogP contribution in [0.1, 0.15) is 22.8 Å². The van der Waals surface area contributed by atoms with Crippen LogP contribution in [0, 0.1) is 0 Å². The van der Waals surface area contributed by atoms with E-state index >= 15 is 0 Å². The molecule has 0 aliphatic carbocycles. The van der Waals surface area contributed by atoms with Gasteiger partial charge in [0, 0.05) is 31.7 Å². The fourth-order valence-corrected chi connectivity index (χ4v) is 2.26. The van der Waals surface area contributed by atoms with E-state index in [-0.39, 0.29) is 6.04 Å². The number of aromatic nitrogens is 4. The van der Waals surface area contributed by atoms with Gasteiger partial charge in [-0.15, -0.1) is 0 Å². The summed E-state index contributed by atoms with van der Waals surface area (Å²) in [7, 11) is 0. The first kappa shape index (κ1) is 11.6. The SMILES string of the molecule is NC(=O)c1cnn(C2CCN(c3ncccn3)C2)c1. The van der Waals surface area contributed by atoms with Crippen molar-refractivity contribution in [1.29, 1.82) is 0 Å². The highest BCUT2D eigenvalue weighted by Gasteiger charge is 2.26. The lowest BCUT2D eigenvalue weighted by Gasteiger charge is -2.15. The summed E-state index contributed by atoms with van der Waals surface area (Å²) in [6, 6.07) is 2.01. The summed E-state index contributed by atoms with van der Waals surface area (Å²) >= 11 is 0. The number of primary amides is 1. The van der Waals surface area contributed by atoms with E-state index in [9.17, 15) is 4.79 Å². The second-order valence-electron chi connectivity index (χ2n) is 4.51. The Bertz CT molecular complexity index is 581. The van der Waals surface area contributed by atoms with Gasteiger partial charge in [-0.05, 0) is 12.5 Å². The number of rotatable bonds is 3. The summed E-state index contributed by atoms with van der Waals surface area (Å²) in [5.41, 5.74) is 5.66. The molecule has 1 saturated heterocycles. The number of carbonyl (C=O) groups excluding carboxylic acids is 1. The second kappa shape index (κ2) is 4.68. The number of nitrogens with zero attached hydrogens (tertiary/aromatic N) is 5. The van der Waals surface area contributed by atoms with E-state index in [0.29, 0.717) is 5.56 Å². The van der Waals surface area contributed by atoms with E-state index in [4.69, 9.17) is 5.73 Å². The highest BCUT2D eigenvalue weighted by molar-refractivity contribution is 5.92. The zero-order valence-electron chi connectivity index (χ0n) is 10.3. The van der Waals surface area contributed by atoms with Gasteiger partial charge in [-0.1, -0.05) is 0 Å². The Labute approximate surface area is 110 Å². The molecule has 0 aromatic carbocycles. The van der Waals surface area contributed by atoms with Gasteiger partial charge in [0.1, 0.15) is 0 Å². The summed E-state index contributed by atoms with van der Waals surface area (Å²) in [6.45, 7) is 1.66. The molecule has 2 N–H and O–H groups in total. The molecule has 1 aliphatic rings. The minimum absolute atomic E-state index is 0.219. The zero-order valence-corrected chi connectivity index (χ0v) is 10.3. The van der Waals surface area contributed by atoms with Gasteiger partial charge in [-0.3, -0.25) is 9.48 Å². The Morgan fingerprint density at radius 1 is 1.37 bits per heavy atom. The Morgan fingerprint density at radius 2 is 2.16 bits per heavy atom.